The predicted octanol–water partition coefficient (Wildman–Crippen LogP) is 2.74. The molecule has 1 aromatic carbocycles. The normalized spacial score (nSPS) is 10.6. The zero-order valence-electron chi connectivity index (χ0n) is 7.58. The highest BCUT2D eigenvalue weighted by atomic mass is 79.9. The molecule has 0 bridgehead atoms. The molecular weight excluding hydrogens is 265 g/mol. The number of hydrogen-bond acceptors (Lipinski definition) is 3. The minimum absolute atomic E-state index is 0.184. The van der Waals surface area contributed by atoms with Crippen molar-refractivity contribution in [3.05, 3.63) is 40.3 Å². The third-order valence-corrected chi connectivity index (χ3v) is 2.64. The second-order valence-electron chi connectivity index (χ2n) is 2.95. The molecule has 0 aliphatic rings. The number of rotatable bonds is 2. The maximum atomic E-state index is 12.7. The fraction of sp³-hybridized carbons (Fsp3) is 0.100. The van der Waals surface area contributed by atoms with Gasteiger partial charge in [0.15, 0.2) is 0 Å². The minimum atomic E-state index is -0.313. The number of aliphatic hydroxyl groups excluding tert-OH is 1. The summed E-state index contributed by atoms with van der Waals surface area (Å²) < 4.78 is 18.0. The highest BCUT2D eigenvalue weighted by Gasteiger charge is 2.14. The van der Waals surface area contributed by atoms with Crippen LogP contribution in [0.4, 0.5) is 4.39 Å². The summed E-state index contributed by atoms with van der Waals surface area (Å²) in [6.07, 6.45) is 0. The molecule has 0 spiro atoms. The molecule has 0 amide bonds. The van der Waals surface area contributed by atoms with Crippen molar-refractivity contribution in [2.75, 3.05) is 0 Å². The number of hydrogen-bond donors (Lipinski definition) is 1. The van der Waals surface area contributed by atoms with E-state index in [4.69, 9.17) is 9.63 Å². The predicted molar refractivity (Wildman–Crippen MR) is 55.5 cm³/mol. The first kappa shape index (κ1) is 10.3. The van der Waals surface area contributed by atoms with Gasteiger partial charge in [-0.05, 0) is 40.2 Å². The van der Waals surface area contributed by atoms with Gasteiger partial charge in [-0.15, -0.1) is 0 Å². The largest absolute Gasteiger partial charge is 0.391 e. The Morgan fingerprint density at radius 2 is 2.00 bits per heavy atom. The monoisotopic (exact) mass is 271 g/mol. The zero-order chi connectivity index (χ0) is 10.8. The highest BCUT2D eigenvalue weighted by molar-refractivity contribution is 9.10. The molecule has 0 saturated heterocycles. The SMILES string of the molecule is OCc1c(-c2ccc(F)cc2)noc1Br. The van der Waals surface area contributed by atoms with E-state index in [1.54, 1.807) is 12.1 Å². The van der Waals surface area contributed by atoms with Crippen LogP contribution in [0, 0.1) is 5.82 Å². The van der Waals surface area contributed by atoms with Gasteiger partial charge >= 0.3 is 0 Å². The van der Waals surface area contributed by atoms with E-state index in [1.165, 1.54) is 12.1 Å². The summed E-state index contributed by atoms with van der Waals surface area (Å²) >= 11 is 3.13. The molecule has 1 aromatic heterocycles. The van der Waals surface area contributed by atoms with E-state index in [0.717, 1.165) is 0 Å². The van der Waals surface area contributed by atoms with Crippen LogP contribution in [0.5, 0.6) is 0 Å². The van der Waals surface area contributed by atoms with Gasteiger partial charge in [0.25, 0.3) is 0 Å². The Kier molecular flexibility index (Phi) is 2.83. The van der Waals surface area contributed by atoms with Crippen LogP contribution in [-0.4, -0.2) is 10.3 Å². The van der Waals surface area contributed by atoms with Crippen molar-refractivity contribution in [3.63, 3.8) is 0 Å². The Hall–Kier alpha value is -1.20. The molecular formula is C10H7BrFNO2. The molecule has 78 valence electrons. The van der Waals surface area contributed by atoms with Crippen molar-refractivity contribution < 1.29 is 14.0 Å². The lowest BCUT2D eigenvalue weighted by Crippen LogP contribution is -1.87. The van der Waals surface area contributed by atoms with E-state index in [1.807, 2.05) is 0 Å². The summed E-state index contributed by atoms with van der Waals surface area (Å²) in [7, 11) is 0. The molecule has 0 atom stereocenters. The topological polar surface area (TPSA) is 46.3 Å². The van der Waals surface area contributed by atoms with Gasteiger partial charge < -0.3 is 9.63 Å². The van der Waals surface area contributed by atoms with Crippen molar-refractivity contribution in [2.45, 2.75) is 6.61 Å². The molecule has 0 unspecified atom stereocenters. The molecule has 1 heterocycles. The lowest BCUT2D eigenvalue weighted by Gasteiger charge is -1.98. The smallest absolute Gasteiger partial charge is 0.208 e. The first-order valence-corrected chi connectivity index (χ1v) is 5.02. The Balaban J connectivity index is 2.49. The standard InChI is InChI=1S/C10H7BrFNO2/c11-10-8(5-14)9(13-15-10)6-1-3-7(12)4-2-6/h1-4,14H,5H2. The third-order valence-electron chi connectivity index (χ3n) is 2.02. The lowest BCUT2D eigenvalue weighted by atomic mass is 10.1. The molecule has 15 heavy (non-hydrogen) atoms. The van der Waals surface area contributed by atoms with Crippen LogP contribution in [0.3, 0.4) is 0 Å². The van der Waals surface area contributed by atoms with Crippen molar-refractivity contribution in [2.24, 2.45) is 0 Å². The fourth-order valence-electron chi connectivity index (χ4n) is 1.26. The van der Waals surface area contributed by atoms with Crippen molar-refractivity contribution >= 4 is 15.9 Å². The second-order valence-corrected chi connectivity index (χ2v) is 3.67. The van der Waals surface area contributed by atoms with Gasteiger partial charge in [-0.25, -0.2) is 4.39 Å². The Morgan fingerprint density at radius 1 is 1.33 bits per heavy atom. The van der Waals surface area contributed by atoms with Gasteiger partial charge in [0.05, 0.1) is 12.2 Å². The molecule has 0 aliphatic carbocycles. The van der Waals surface area contributed by atoms with E-state index in [0.29, 0.717) is 21.5 Å². The molecule has 0 aliphatic heterocycles. The van der Waals surface area contributed by atoms with Gasteiger partial charge in [-0.3, -0.25) is 0 Å². The van der Waals surface area contributed by atoms with Crippen LogP contribution in [0.15, 0.2) is 33.5 Å². The molecule has 2 rings (SSSR count). The quantitative estimate of drug-likeness (QED) is 0.914. The number of aromatic nitrogens is 1. The number of nitrogens with zero attached hydrogens (tertiary/aromatic N) is 1. The van der Waals surface area contributed by atoms with E-state index in [2.05, 4.69) is 21.1 Å². The maximum Gasteiger partial charge on any atom is 0.208 e. The van der Waals surface area contributed by atoms with Crippen LogP contribution in [0.2, 0.25) is 0 Å². The van der Waals surface area contributed by atoms with Crippen LogP contribution < -0.4 is 0 Å². The van der Waals surface area contributed by atoms with Crippen molar-refractivity contribution in [1.29, 1.82) is 0 Å². The Labute approximate surface area is 93.6 Å². The first-order chi connectivity index (χ1) is 7.22. The Bertz CT molecular complexity index is 467. The second kappa shape index (κ2) is 4.12. The summed E-state index contributed by atoms with van der Waals surface area (Å²) in [5.74, 6) is -0.313. The molecule has 3 nitrogen and oxygen atoms in total. The lowest BCUT2D eigenvalue weighted by molar-refractivity contribution is 0.278. The maximum absolute atomic E-state index is 12.7. The van der Waals surface area contributed by atoms with E-state index in [9.17, 15) is 4.39 Å². The van der Waals surface area contributed by atoms with Gasteiger partial charge in [0.2, 0.25) is 4.67 Å². The average Bonchev–Trinajstić information content (AvgIpc) is 2.61. The van der Waals surface area contributed by atoms with Gasteiger partial charge in [0, 0.05) is 5.56 Å². The van der Waals surface area contributed by atoms with Crippen LogP contribution in [0.1, 0.15) is 5.56 Å². The molecule has 0 radical (unpaired) electrons. The summed E-state index contributed by atoms with van der Waals surface area (Å²) in [5, 5.41) is 12.9. The first-order valence-electron chi connectivity index (χ1n) is 4.23. The fourth-order valence-corrected chi connectivity index (χ4v) is 1.65. The minimum Gasteiger partial charge on any atom is -0.391 e. The molecule has 0 fully saturated rings. The summed E-state index contributed by atoms with van der Waals surface area (Å²) in [6, 6.07) is 5.83. The Morgan fingerprint density at radius 3 is 2.60 bits per heavy atom. The van der Waals surface area contributed by atoms with Gasteiger partial charge in [-0.2, -0.15) is 0 Å². The molecule has 0 saturated carbocycles. The van der Waals surface area contributed by atoms with Crippen LogP contribution >= 0.6 is 15.9 Å². The average molecular weight is 272 g/mol. The zero-order valence-corrected chi connectivity index (χ0v) is 9.16. The van der Waals surface area contributed by atoms with Crippen LogP contribution in [-0.2, 0) is 6.61 Å². The van der Waals surface area contributed by atoms with E-state index >= 15 is 0 Å². The number of benzene rings is 1. The summed E-state index contributed by atoms with van der Waals surface area (Å²) in [5.41, 5.74) is 1.78. The molecule has 2 aromatic rings. The number of aliphatic hydroxyl groups is 1. The van der Waals surface area contributed by atoms with Crippen molar-refractivity contribution in [1.82, 2.24) is 5.16 Å². The van der Waals surface area contributed by atoms with E-state index < -0.39 is 0 Å². The van der Waals surface area contributed by atoms with Gasteiger partial charge in [0.1, 0.15) is 11.5 Å². The van der Waals surface area contributed by atoms with Gasteiger partial charge in [-0.1, -0.05) is 5.16 Å². The summed E-state index contributed by atoms with van der Waals surface area (Å²) in [6.45, 7) is -0.184. The van der Waals surface area contributed by atoms with Crippen molar-refractivity contribution in [3.8, 4) is 11.3 Å². The number of halogens is 2. The van der Waals surface area contributed by atoms with E-state index in [-0.39, 0.29) is 12.4 Å². The molecule has 5 heteroatoms. The molecule has 1 N–H and O–H groups in total. The summed E-state index contributed by atoms with van der Waals surface area (Å²) in [4.78, 5) is 0. The highest BCUT2D eigenvalue weighted by Crippen LogP contribution is 2.28. The third kappa shape index (κ3) is 1.93. The van der Waals surface area contributed by atoms with Crippen LogP contribution in [0.25, 0.3) is 11.3 Å².